The van der Waals surface area contributed by atoms with Gasteiger partial charge in [0, 0.05) is 0 Å². The molecular formula is C20H25IO2. The molecule has 0 saturated carbocycles. The Balaban J connectivity index is 2.29. The molecule has 0 amide bonds. The van der Waals surface area contributed by atoms with Gasteiger partial charge in [0.05, 0.1) is 0 Å². The predicted octanol–water partition coefficient (Wildman–Crippen LogP) is 5.98. The highest BCUT2D eigenvalue weighted by molar-refractivity contribution is 14.1. The highest BCUT2D eigenvalue weighted by Crippen LogP contribution is 2.40. The van der Waals surface area contributed by atoms with Crippen molar-refractivity contribution in [2.75, 3.05) is 4.43 Å². The van der Waals surface area contributed by atoms with Gasteiger partial charge in [-0.1, -0.05) is 60.2 Å². The number of phenols is 2. The third-order valence-corrected chi connectivity index (χ3v) is 5.23. The zero-order valence-electron chi connectivity index (χ0n) is 13.6. The Hall–Kier alpha value is -1.23. The van der Waals surface area contributed by atoms with E-state index in [1.54, 1.807) is 24.3 Å². The highest BCUT2D eigenvalue weighted by atomic mass is 127. The van der Waals surface area contributed by atoms with Crippen LogP contribution in [-0.4, -0.2) is 14.6 Å². The van der Waals surface area contributed by atoms with Crippen LogP contribution in [0.5, 0.6) is 11.5 Å². The van der Waals surface area contributed by atoms with Crippen molar-refractivity contribution < 1.29 is 10.2 Å². The molecule has 0 saturated heterocycles. The number of phenolic OH excluding ortho intramolecular Hbond substituents is 2. The molecule has 2 aromatic carbocycles. The van der Waals surface area contributed by atoms with Gasteiger partial charge < -0.3 is 10.2 Å². The maximum atomic E-state index is 9.57. The van der Waals surface area contributed by atoms with Crippen molar-refractivity contribution in [1.29, 1.82) is 0 Å². The first-order valence-corrected chi connectivity index (χ1v) is 9.82. The van der Waals surface area contributed by atoms with E-state index >= 15 is 0 Å². The minimum absolute atomic E-state index is 0.315. The third kappa shape index (κ3) is 5.13. The lowest BCUT2D eigenvalue weighted by Crippen LogP contribution is -2.11. The molecule has 23 heavy (non-hydrogen) atoms. The number of unbranched alkanes of at least 4 members (excludes halogenated alkanes) is 1. The van der Waals surface area contributed by atoms with Gasteiger partial charge in [0.15, 0.2) is 0 Å². The fraction of sp³-hybridized carbons (Fsp3) is 0.400. The summed E-state index contributed by atoms with van der Waals surface area (Å²) in [6, 6.07) is 15.3. The van der Waals surface area contributed by atoms with E-state index in [1.165, 1.54) is 28.4 Å². The lowest BCUT2D eigenvalue weighted by molar-refractivity contribution is 0.463. The molecule has 2 N–H and O–H groups in total. The second kappa shape index (κ2) is 9.16. The molecule has 0 spiro atoms. The number of hydrogen-bond donors (Lipinski definition) is 2. The zero-order valence-corrected chi connectivity index (χ0v) is 15.7. The third-order valence-electron chi connectivity index (χ3n) is 4.47. The SMILES string of the molecule is CC[C@H](c1ccc(O)cc1)[C@@H](CCCCI)c1ccc(O)cc1. The van der Waals surface area contributed by atoms with Crippen molar-refractivity contribution >= 4 is 22.6 Å². The first-order chi connectivity index (χ1) is 11.2. The van der Waals surface area contributed by atoms with Crippen LogP contribution < -0.4 is 0 Å². The summed E-state index contributed by atoms with van der Waals surface area (Å²) in [5.74, 6) is 1.49. The van der Waals surface area contributed by atoms with E-state index < -0.39 is 0 Å². The molecule has 0 unspecified atom stereocenters. The Bertz CT molecular complexity index is 578. The van der Waals surface area contributed by atoms with Crippen LogP contribution in [0.1, 0.15) is 55.6 Å². The molecule has 0 aliphatic heterocycles. The summed E-state index contributed by atoms with van der Waals surface area (Å²) < 4.78 is 1.19. The van der Waals surface area contributed by atoms with Crippen LogP contribution in [0.2, 0.25) is 0 Å². The lowest BCUT2D eigenvalue weighted by Gasteiger charge is -2.27. The normalized spacial score (nSPS) is 13.7. The standard InChI is InChI=1S/C20H25IO2/c1-2-19(15-6-10-17(22)11-7-15)20(5-3-4-14-21)16-8-12-18(23)13-9-16/h6-13,19-20,22-23H,2-5,14H2,1H3/t19-,20+/m1/s1. The minimum Gasteiger partial charge on any atom is -0.508 e. The second-order valence-corrected chi connectivity index (χ2v) is 7.07. The molecule has 124 valence electrons. The van der Waals surface area contributed by atoms with Gasteiger partial charge in [0.1, 0.15) is 11.5 Å². The molecule has 0 fully saturated rings. The number of alkyl halides is 1. The fourth-order valence-corrected chi connectivity index (χ4v) is 3.79. The van der Waals surface area contributed by atoms with Crippen molar-refractivity contribution in [3.05, 3.63) is 59.7 Å². The van der Waals surface area contributed by atoms with Gasteiger partial charge in [-0.15, -0.1) is 0 Å². The molecule has 0 aliphatic carbocycles. The Labute approximate surface area is 152 Å². The van der Waals surface area contributed by atoms with Gasteiger partial charge in [0.25, 0.3) is 0 Å². The summed E-state index contributed by atoms with van der Waals surface area (Å²) in [6.07, 6.45) is 4.65. The molecule has 0 aliphatic rings. The van der Waals surface area contributed by atoms with Crippen LogP contribution in [-0.2, 0) is 0 Å². The van der Waals surface area contributed by atoms with E-state index in [9.17, 15) is 10.2 Å². The summed E-state index contributed by atoms with van der Waals surface area (Å²) in [4.78, 5) is 0. The Morgan fingerprint density at radius 3 is 1.70 bits per heavy atom. The van der Waals surface area contributed by atoms with Crippen LogP contribution >= 0.6 is 22.6 Å². The molecule has 2 atom stereocenters. The van der Waals surface area contributed by atoms with Crippen molar-refractivity contribution in [2.45, 2.75) is 44.4 Å². The monoisotopic (exact) mass is 424 g/mol. The molecular weight excluding hydrogens is 399 g/mol. The molecule has 2 rings (SSSR count). The fourth-order valence-electron chi connectivity index (χ4n) is 3.25. The molecule has 0 aromatic heterocycles. The Morgan fingerprint density at radius 1 is 0.783 bits per heavy atom. The van der Waals surface area contributed by atoms with Crippen LogP contribution in [0.15, 0.2) is 48.5 Å². The summed E-state index contributed by atoms with van der Waals surface area (Å²) >= 11 is 2.43. The van der Waals surface area contributed by atoms with Crippen LogP contribution in [0, 0.1) is 0 Å². The van der Waals surface area contributed by atoms with E-state index in [0.717, 1.165) is 12.8 Å². The largest absolute Gasteiger partial charge is 0.508 e. The zero-order chi connectivity index (χ0) is 16.7. The summed E-state index contributed by atoms with van der Waals surface area (Å²) in [5.41, 5.74) is 2.56. The van der Waals surface area contributed by atoms with Crippen LogP contribution in [0.4, 0.5) is 0 Å². The number of benzene rings is 2. The lowest BCUT2D eigenvalue weighted by atomic mass is 9.77. The highest BCUT2D eigenvalue weighted by Gasteiger charge is 2.23. The Kier molecular flexibility index (Phi) is 7.21. The summed E-state index contributed by atoms with van der Waals surface area (Å²) in [5, 5.41) is 19.1. The van der Waals surface area contributed by atoms with Crippen LogP contribution in [0.25, 0.3) is 0 Å². The van der Waals surface area contributed by atoms with Gasteiger partial charge in [-0.3, -0.25) is 0 Å². The van der Waals surface area contributed by atoms with Gasteiger partial charge in [-0.2, -0.15) is 0 Å². The van der Waals surface area contributed by atoms with Crippen molar-refractivity contribution in [3.8, 4) is 11.5 Å². The number of halogens is 1. The van der Waals surface area contributed by atoms with Crippen molar-refractivity contribution in [2.24, 2.45) is 0 Å². The number of aromatic hydroxyl groups is 2. The maximum Gasteiger partial charge on any atom is 0.115 e. The van der Waals surface area contributed by atoms with E-state index in [2.05, 4.69) is 29.5 Å². The summed E-state index contributed by atoms with van der Waals surface area (Å²) in [6.45, 7) is 2.23. The van der Waals surface area contributed by atoms with Crippen LogP contribution in [0.3, 0.4) is 0 Å². The Morgan fingerprint density at radius 2 is 1.26 bits per heavy atom. The number of rotatable bonds is 8. The molecule has 2 aromatic rings. The maximum absolute atomic E-state index is 9.57. The number of hydrogen-bond acceptors (Lipinski definition) is 2. The molecule has 2 nitrogen and oxygen atoms in total. The van der Waals surface area contributed by atoms with Gasteiger partial charge in [-0.05, 0) is 70.9 Å². The molecule has 3 heteroatoms. The van der Waals surface area contributed by atoms with E-state index in [4.69, 9.17) is 0 Å². The molecule has 0 heterocycles. The smallest absolute Gasteiger partial charge is 0.115 e. The topological polar surface area (TPSA) is 40.5 Å². The summed E-state index contributed by atoms with van der Waals surface area (Å²) in [7, 11) is 0. The average molecular weight is 424 g/mol. The van der Waals surface area contributed by atoms with Crippen molar-refractivity contribution in [3.63, 3.8) is 0 Å². The first-order valence-electron chi connectivity index (χ1n) is 8.29. The van der Waals surface area contributed by atoms with Gasteiger partial charge in [-0.25, -0.2) is 0 Å². The molecule has 0 radical (unpaired) electrons. The average Bonchev–Trinajstić information content (AvgIpc) is 2.57. The van der Waals surface area contributed by atoms with Crippen molar-refractivity contribution in [1.82, 2.24) is 0 Å². The van der Waals surface area contributed by atoms with E-state index in [1.807, 2.05) is 24.3 Å². The first kappa shape index (κ1) is 18.1. The van der Waals surface area contributed by atoms with Gasteiger partial charge >= 0.3 is 0 Å². The molecule has 0 bridgehead atoms. The predicted molar refractivity (Wildman–Crippen MR) is 105 cm³/mol. The van der Waals surface area contributed by atoms with Gasteiger partial charge in [0.2, 0.25) is 0 Å². The second-order valence-electron chi connectivity index (χ2n) is 5.99. The van der Waals surface area contributed by atoms with E-state index in [0.29, 0.717) is 23.3 Å². The van der Waals surface area contributed by atoms with E-state index in [-0.39, 0.29) is 0 Å². The minimum atomic E-state index is 0.315. The quantitative estimate of drug-likeness (QED) is 0.311.